The Morgan fingerprint density at radius 3 is 2.88 bits per heavy atom. The van der Waals surface area contributed by atoms with E-state index in [0.717, 1.165) is 13.0 Å². The molecule has 0 saturated carbocycles. The number of benzene rings is 2. The van der Waals surface area contributed by atoms with E-state index in [2.05, 4.69) is 28.1 Å². The predicted octanol–water partition coefficient (Wildman–Crippen LogP) is 2.25. The van der Waals surface area contributed by atoms with Gasteiger partial charge in [-0.3, -0.25) is 14.9 Å². The van der Waals surface area contributed by atoms with Crippen LogP contribution < -0.4 is 16.0 Å². The van der Waals surface area contributed by atoms with Crippen LogP contribution in [0.1, 0.15) is 27.5 Å². The van der Waals surface area contributed by atoms with Crippen LogP contribution in [0.25, 0.3) is 0 Å². The molecule has 1 aliphatic rings. The van der Waals surface area contributed by atoms with Gasteiger partial charge in [0.1, 0.15) is 5.69 Å². The van der Waals surface area contributed by atoms with E-state index < -0.39 is 4.92 Å². The zero-order valence-corrected chi connectivity index (χ0v) is 13.9. The van der Waals surface area contributed by atoms with Gasteiger partial charge in [-0.2, -0.15) is 0 Å². The molecule has 1 atom stereocenters. The second kappa shape index (κ2) is 7.31. The fourth-order valence-electron chi connectivity index (χ4n) is 3.10. The molecular formula is C18H20N4O3. The third-order valence-corrected chi connectivity index (χ3v) is 4.40. The quantitative estimate of drug-likeness (QED) is 0.573. The largest absolute Gasteiger partial charge is 0.378 e. The number of carbonyl (C=O) groups excluding carboxylic acids is 1. The molecule has 0 bridgehead atoms. The first kappa shape index (κ1) is 16.9. The Morgan fingerprint density at radius 1 is 1.32 bits per heavy atom. The second-order valence-electron chi connectivity index (χ2n) is 5.90. The Kier molecular flexibility index (Phi) is 4.95. The summed E-state index contributed by atoms with van der Waals surface area (Å²) in [6, 6.07) is 12.8. The van der Waals surface area contributed by atoms with Crippen LogP contribution >= 0.6 is 0 Å². The van der Waals surface area contributed by atoms with E-state index in [9.17, 15) is 14.9 Å². The lowest BCUT2D eigenvalue weighted by Gasteiger charge is -2.27. The van der Waals surface area contributed by atoms with Gasteiger partial charge in [-0.05, 0) is 36.2 Å². The van der Waals surface area contributed by atoms with Crippen LogP contribution in [0.2, 0.25) is 0 Å². The predicted molar refractivity (Wildman–Crippen MR) is 95.9 cm³/mol. The summed E-state index contributed by atoms with van der Waals surface area (Å²) in [5.74, 6) is -0.350. The molecule has 7 nitrogen and oxygen atoms in total. The summed E-state index contributed by atoms with van der Waals surface area (Å²) in [7, 11) is 1.49. The monoisotopic (exact) mass is 340 g/mol. The van der Waals surface area contributed by atoms with Crippen molar-refractivity contribution in [2.75, 3.05) is 25.5 Å². The number of rotatable bonds is 5. The van der Waals surface area contributed by atoms with Crippen molar-refractivity contribution in [1.82, 2.24) is 10.6 Å². The number of anilines is 1. The summed E-state index contributed by atoms with van der Waals surface area (Å²) in [6.07, 6.45) is 0.980. The zero-order chi connectivity index (χ0) is 17.8. The molecular weight excluding hydrogens is 320 g/mol. The number of nitrogens with zero attached hydrogens (tertiary/aromatic N) is 1. The molecule has 130 valence electrons. The van der Waals surface area contributed by atoms with Crippen LogP contribution in [0.5, 0.6) is 0 Å². The summed E-state index contributed by atoms with van der Waals surface area (Å²) in [5, 5.41) is 20.4. The maximum absolute atomic E-state index is 11.7. The lowest BCUT2D eigenvalue weighted by Crippen LogP contribution is -2.34. The average molecular weight is 340 g/mol. The van der Waals surface area contributed by atoms with Crippen molar-refractivity contribution >= 4 is 17.3 Å². The van der Waals surface area contributed by atoms with Gasteiger partial charge in [0.25, 0.3) is 11.6 Å². The van der Waals surface area contributed by atoms with Gasteiger partial charge in [0.15, 0.2) is 0 Å². The van der Waals surface area contributed by atoms with E-state index in [1.165, 1.54) is 24.2 Å². The maximum atomic E-state index is 11.7. The molecule has 3 rings (SSSR count). The molecule has 3 N–H and O–H groups in total. The molecule has 1 heterocycles. The minimum atomic E-state index is -0.475. The van der Waals surface area contributed by atoms with E-state index in [1.54, 1.807) is 12.1 Å². The molecule has 1 aliphatic heterocycles. The molecule has 7 heteroatoms. The van der Waals surface area contributed by atoms with Crippen molar-refractivity contribution in [1.29, 1.82) is 0 Å². The molecule has 0 spiro atoms. The van der Waals surface area contributed by atoms with Crippen molar-refractivity contribution in [2.24, 2.45) is 0 Å². The molecule has 2 aromatic carbocycles. The fourth-order valence-corrected chi connectivity index (χ4v) is 3.10. The number of hydrogen-bond acceptors (Lipinski definition) is 5. The highest BCUT2D eigenvalue weighted by atomic mass is 16.6. The first-order chi connectivity index (χ1) is 12.1. The van der Waals surface area contributed by atoms with E-state index in [4.69, 9.17) is 0 Å². The minimum Gasteiger partial charge on any atom is -0.378 e. The van der Waals surface area contributed by atoms with E-state index in [-0.39, 0.29) is 23.2 Å². The molecule has 1 amide bonds. The molecule has 0 saturated heterocycles. The number of hydrogen-bond donors (Lipinski definition) is 3. The lowest BCUT2D eigenvalue weighted by molar-refractivity contribution is -0.384. The smallest absolute Gasteiger partial charge is 0.293 e. The fraction of sp³-hybridized carbons (Fsp3) is 0.278. The van der Waals surface area contributed by atoms with Crippen molar-refractivity contribution in [2.45, 2.75) is 12.5 Å². The standard InChI is InChI=1S/C18H20N4O3/c1-19-18(23)13-6-7-15(17(10-13)22(24)25)21-11-16-14-5-3-2-4-12(14)8-9-20-16/h2-7,10,16,20-21H,8-9,11H2,1H3,(H,19,23). The van der Waals surface area contributed by atoms with Gasteiger partial charge >= 0.3 is 0 Å². The van der Waals surface area contributed by atoms with Crippen molar-refractivity contribution < 1.29 is 9.72 Å². The van der Waals surface area contributed by atoms with Gasteiger partial charge in [0.2, 0.25) is 0 Å². The summed E-state index contributed by atoms with van der Waals surface area (Å²) in [4.78, 5) is 22.6. The first-order valence-electron chi connectivity index (χ1n) is 8.15. The number of nitro groups is 1. The van der Waals surface area contributed by atoms with Crippen LogP contribution in [0.3, 0.4) is 0 Å². The lowest BCUT2D eigenvalue weighted by atomic mass is 9.94. The van der Waals surface area contributed by atoms with Gasteiger partial charge in [-0.1, -0.05) is 24.3 Å². The van der Waals surface area contributed by atoms with Crippen LogP contribution in [0, 0.1) is 10.1 Å². The minimum absolute atomic E-state index is 0.0863. The van der Waals surface area contributed by atoms with Gasteiger partial charge < -0.3 is 16.0 Å². The maximum Gasteiger partial charge on any atom is 0.293 e. The molecule has 25 heavy (non-hydrogen) atoms. The zero-order valence-electron chi connectivity index (χ0n) is 13.9. The summed E-state index contributed by atoms with van der Waals surface area (Å²) < 4.78 is 0. The van der Waals surface area contributed by atoms with E-state index in [0.29, 0.717) is 12.2 Å². The molecule has 0 aromatic heterocycles. The number of amides is 1. The van der Waals surface area contributed by atoms with Gasteiger partial charge in [-0.25, -0.2) is 0 Å². The summed E-state index contributed by atoms with van der Waals surface area (Å²) in [6.45, 7) is 1.40. The molecule has 0 radical (unpaired) electrons. The van der Waals surface area contributed by atoms with Gasteiger partial charge in [-0.15, -0.1) is 0 Å². The Labute approximate surface area is 145 Å². The van der Waals surface area contributed by atoms with Gasteiger partial charge in [0, 0.05) is 31.3 Å². The highest BCUT2D eigenvalue weighted by Crippen LogP contribution is 2.28. The van der Waals surface area contributed by atoms with Crippen LogP contribution in [0.15, 0.2) is 42.5 Å². The topological polar surface area (TPSA) is 96.3 Å². The number of nitrogens with one attached hydrogen (secondary N) is 3. The average Bonchev–Trinajstić information content (AvgIpc) is 2.65. The SMILES string of the molecule is CNC(=O)c1ccc(NCC2NCCc3ccccc32)c([N+](=O)[O-])c1. The summed E-state index contributed by atoms with van der Waals surface area (Å²) in [5.41, 5.74) is 3.08. The Hall–Kier alpha value is -2.93. The normalized spacial score (nSPS) is 16.0. The highest BCUT2D eigenvalue weighted by molar-refractivity contribution is 5.95. The molecule has 0 aliphatic carbocycles. The number of fused-ring (bicyclic) bond motifs is 1. The Bertz CT molecular complexity index is 807. The summed E-state index contributed by atoms with van der Waals surface area (Å²) >= 11 is 0. The van der Waals surface area contributed by atoms with Gasteiger partial charge in [0.05, 0.1) is 4.92 Å². The van der Waals surface area contributed by atoms with Crippen LogP contribution in [0.4, 0.5) is 11.4 Å². The second-order valence-corrected chi connectivity index (χ2v) is 5.90. The molecule has 0 fully saturated rings. The van der Waals surface area contributed by atoms with Crippen LogP contribution in [-0.2, 0) is 6.42 Å². The Balaban J connectivity index is 1.80. The number of carbonyl (C=O) groups is 1. The molecule has 2 aromatic rings. The first-order valence-corrected chi connectivity index (χ1v) is 8.15. The van der Waals surface area contributed by atoms with Crippen molar-refractivity contribution in [3.05, 3.63) is 69.3 Å². The van der Waals surface area contributed by atoms with E-state index >= 15 is 0 Å². The number of nitro benzene ring substituents is 1. The van der Waals surface area contributed by atoms with Crippen molar-refractivity contribution in [3.63, 3.8) is 0 Å². The molecule has 1 unspecified atom stereocenters. The highest BCUT2D eigenvalue weighted by Gasteiger charge is 2.21. The van der Waals surface area contributed by atoms with Crippen molar-refractivity contribution in [3.8, 4) is 0 Å². The van der Waals surface area contributed by atoms with Crippen LogP contribution in [-0.4, -0.2) is 31.0 Å². The Morgan fingerprint density at radius 2 is 2.12 bits per heavy atom. The third kappa shape index (κ3) is 3.61. The third-order valence-electron chi connectivity index (χ3n) is 4.40. The van der Waals surface area contributed by atoms with E-state index in [1.807, 2.05) is 12.1 Å².